The van der Waals surface area contributed by atoms with Gasteiger partial charge in [0.1, 0.15) is 25.1 Å². The van der Waals surface area contributed by atoms with E-state index in [0.717, 1.165) is 33.3 Å². The number of benzene rings is 2. The van der Waals surface area contributed by atoms with Crippen molar-refractivity contribution in [1.82, 2.24) is 19.9 Å². The molecule has 0 fully saturated rings. The SMILES string of the molecule is O=Cc1cc(C=O)cc(CCc2c3nc(c(CCC(=O)O)c4ccc([nH]4)c(CCc4cc(C=O)cc(C=O)c4)c4ccc([nH]4)c(CCC(=O)O)c4nc2C=C4)C=C3)c1. The Morgan fingerprint density at radius 2 is 0.776 bits per heavy atom. The molecular formula is C46H38N4O8. The van der Waals surface area contributed by atoms with Gasteiger partial charge in [0.25, 0.3) is 0 Å². The fraction of sp³-hybridized carbons (Fsp3) is 0.174. The Balaban J connectivity index is 1.47. The van der Waals surface area contributed by atoms with Crippen LogP contribution < -0.4 is 0 Å². The van der Waals surface area contributed by atoms with Crippen LogP contribution >= 0.6 is 0 Å². The topological polar surface area (TPSA) is 200 Å². The molecule has 12 nitrogen and oxygen atoms in total. The summed E-state index contributed by atoms with van der Waals surface area (Å²) in [6.45, 7) is 0. The van der Waals surface area contributed by atoms with Crippen molar-refractivity contribution < 1.29 is 39.0 Å². The van der Waals surface area contributed by atoms with Crippen molar-refractivity contribution in [2.45, 2.75) is 51.4 Å². The maximum atomic E-state index is 11.9. The number of nitrogens with one attached hydrogen (secondary N) is 2. The molecule has 2 aliphatic heterocycles. The molecule has 0 radical (unpaired) electrons. The Hall–Kier alpha value is -7.34. The summed E-state index contributed by atoms with van der Waals surface area (Å²) in [7, 11) is 0. The Morgan fingerprint density at radius 1 is 0.448 bits per heavy atom. The van der Waals surface area contributed by atoms with E-state index in [1.807, 2.05) is 48.6 Å². The van der Waals surface area contributed by atoms with Crippen LogP contribution in [0.3, 0.4) is 0 Å². The largest absolute Gasteiger partial charge is 0.481 e. The molecule has 5 aromatic rings. The third-order valence-corrected chi connectivity index (χ3v) is 10.3. The first-order valence-electron chi connectivity index (χ1n) is 18.8. The summed E-state index contributed by atoms with van der Waals surface area (Å²) in [4.78, 5) is 87.6. The maximum Gasteiger partial charge on any atom is 0.303 e. The van der Waals surface area contributed by atoms with Gasteiger partial charge in [0, 0.05) is 73.9 Å². The van der Waals surface area contributed by atoms with E-state index < -0.39 is 11.9 Å². The summed E-state index contributed by atoms with van der Waals surface area (Å²) >= 11 is 0. The minimum Gasteiger partial charge on any atom is -0.481 e. The normalized spacial score (nSPS) is 11.7. The highest BCUT2D eigenvalue weighted by atomic mass is 16.4. The lowest BCUT2D eigenvalue weighted by Crippen LogP contribution is -2.02. The second kappa shape index (κ2) is 17.2. The van der Waals surface area contributed by atoms with Crippen LogP contribution in [0, 0.1) is 0 Å². The van der Waals surface area contributed by atoms with Gasteiger partial charge in [-0.05, 0) is 140 Å². The number of rotatable bonds is 16. The first-order valence-corrected chi connectivity index (χ1v) is 18.8. The number of nitrogens with zero attached hydrogens (tertiary/aromatic N) is 2. The lowest BCUT2D eigenvalue weighted by atomic mass is 9.99. The third kappa shape index (κ3) is 8.71. The van der Waals surface area contributed by atoms with Crippen LogP contribution in [0.5, 0.6) is 0 Å². The summed E-state index contributed by atoms with van der Waals surface area (Å²) in [6, 6.07) is 17.7. The summed E-state index contributed by atoms with van der Waals surface area (Å²) in [5.74, 6) is -1.92. The van der Waals surface area contributed by atoms with Gasteiger partial charge in [-0.25, -0.2) is 9.97 Å². The second-order valence-electron chi connectivity index (χ2n) is 14.2. The molecule has 0 atom stereocenters. The van der Waals surface area contributed by atoms with E-state index in [0.29, 0.717) is 118 Å². The van der Waals surface area contributed by atoms with Crippen LogP contribution in [0.1, 0.15) is 110 Å². The highest BCUT2D eigenvalue weighted by molar-refractivity contribution is 5.86. The van der Waals surface area contributed by atoms with Crippen LogP contribution in [-0.4, -0.2) is 67.2 Å². The molecule has 0 saturated heterocycles. The van der Waals surface area contributed by atoms with Gasteiger partial charge in [-0.3, -0.25) is 28.8 Å². The number of carbonyl (C=O) groups excluding carboxylic acids is 4. The summed E-state index contributed by atoms with van der Waals surface area (Å²) in [5, 5.41) is 19.5. The van der Waals surface area contributed by atoms with Gasteiger partial charge >= 0.3 is 11.9 Å². The zero-order chi connectivity index (χ0) is 40.8. The molecule has 5 heterocycles. The van der Waals surface area contributed by atoms with E-state index in [1.54, 1.807) is 24.3 Å². The van der Waals surface area contributed by atoms with E-state index in [9.17, 15) is 39.0 Å². The molecule has 3 aromatic heterocycles. The standard InChI is InChI=1S/C46H38N4O8/c51-23-29-17-27(18-30(21-29)24-52)1-3-33-37-7-11-41(47-37)35(5-15-45(55)56)43-13-9-39(49-43)34(4-2-28-19-31(25-53)22-32(20-28)26-54)40-10-14-44(50-40)36(6-16-46(57)58)42-12-8-38(33)48-42/h7-14,17-26,47-48H,1-6,15-16H2,(H,55,56)(H,57,58). The highest BCUT2D eigenvalue weighted by Gasteiger charge is 2.18. The van der Waals surface area contributed by atoms with Crippen molar-refractivity contribution in [2.75, 3.05) is 0 Å². The van der Waals surface area contributed by atoms with E-state index in [4.69, 9.17) is 9.97 Å². The average Bonchev–Trinajstić information content (AvgIpc) is 4.07. The van der Waals surface area contributed by atoms with Gasteiger partial charge < -0.3 is 20.2 Å². The average molecular weight is 775 g/mol. The number of H-pyrrole nitrogens is 2. The van der Waals surface area contributed by atoms with Gasteiger partial charge in [-0.1, -0.05) is 0 Å². The number of hydrogen-bond acceptors (Lipinski definition) is 8. The Kier molecular flexibility index (Phi) is 11.5. The molecule has 7 rings (SSSR count). The number of hydrogen-bond donors (Lipinski definition) is 4. The summed E-state index contributed by atoms with van der Waals surface area (Å²) in [5.41, 5.74) is 11.4. The quantitative estimate of drug-likeness (QED) is 0.0712. The Bertz CT molecular complexity index is 2570. The van der Waals surface area contributed by atoms with Crippen molar-refractivity contribution >= 4 is 83.5 Å². The minimum absolute atomic E-state index is 0.139. The first-order chi connectivity index (χ1) is 28.1. The van der Waals surface area contributed by atoms with Crippen LogP contribution in [0.25, 0.3) is 46.4 Å². The van der Waals surface area contributed by atoms with Crippen LogP contribution in [0.15, 0.2) is 60.7 Å². The van der Waals surface area contributed by atoms with Crippen LogP contribution in [0.4, 0.5) is 0 Å². The molecule has 12 heteroatoms. The fourth-order valence-corrected chi connectivity index (χ4v) is 7.55. The number of aliphatic carboxylic acids is 2. The Morgan fingerprint density at radius 3 is 1.12 bits per heavy atom. The molecule has 0 unspecified atom stereocenters. The molecule has 0 amide bonds. The number of carboxylic acids is 2. The van der Waals surface area contributed by atoms with E-state index in [2.05, 4.69) is 9.97 Å². The van der Waals surface area contributed by atoms with Gasteiger partial charge in [0.15, 0.2) is 0 Å². The molecule has 2 aromatic carbocycles. The predicted molar refractivity (Wildman–Crippen MR) is 220 cm³/mol. The zero-order valence-electron chi connectivity index (χ0n) is 31.3. The molecule has 8 bridgehead atoms. The number of aromatic amines is 2. The first kappa shape index (κ1) is 38.9. The van der Waals surface area contributed by atoms with Crippen LogP contribution in [0.2, 0.25) is 0 Å². The molecule has 58 heavy (non-hydrogen) atoms. The highest BCUT2D eigenvalue weighted by Crippen LogP contribution is 2.30. The van der Waals surface area contributed by atoms with E-state index >= 15 is 0 Å². The van der Waals surface area contributed by atoms with E-state index in [1.165, 1.54) is 12.1 Å². The number of aromatic nitrogens is 4. The van der Waals surface area contributed by atoms with Gasteiger partial charge in [0.2, 0.25) is 0 Å². The number of carbonyl (C=O) groups is 6. The molecule has 0 saturated carbocycles. The number of carboxylic acid groups (broad SMARTS) is 2. The smallest absolute Gasteiger partial charge is 0.303 e. The predicted octanol–water partition coefficient (Wildman–Crippen LogP) is 7.51. The van der Waals surface area contributed by atoms with Gasteiger partial charge in [-0.15, -0.1) is 0 Å². The van der Waals surface area contributed by atoms with Crippen molar-refractivity contribution in [3.63, 3.8) is 0 Å². The number of aryl methyl sites for hydroxylation is 5. The Labute approximate surface area is 332 Å². The summed E-state index contributed by atoms with van der Waals surface area (Å²) < 4.78 is 0. The molecule has 0 spiro atoms. The number of aldehydes is 4. The van der Waals surface area contributed by atoms with Crippen molar-refractivity contribution in [2.24, 2.45) is 0 Å². The molecule has 2 aliphatic rings. The lowest BCUT2D eigenvalue weighted by molar-refractivity contribution is -0.138. The third-order valence-electron chi connectivity index (χ3n) is 10.3. The fourth-order valence-electron chi connectivity index (χ4n) is 7.55. The monoisotopic (exact) mass is 774 g/mol. The van der Waals surface area contributed by atoms with Crippen LogP contribution in [-0.2, 0) is 48.1 Å². The maximum absolute atomic E-state index is 11.9. The number of fused-ring (bicyclic) bond motifs is 8. The van der Waals surface area contributed by atoms with Gasteiger partial charge in [-0.2, -0.15) is 0 Å². The summed E-state index contributed by atoms with van der Waals surface area (Å²) in [6.07, 6.45) is 12.1. The van der Waals surface area contributed by atoms with Crippen molar-refractivity contribution in [3.8, 4) is 0 Å². The molecule has 4 N–H and O–H groups in total. The zero-order valence-corrected chi connectivity index (χ0v) is 31.3. The van der Waals surface area contributed by atoms with Crippen molar-refractivity contribution in [1.29, 1.82) is 0 Å². The molecule has 0 aliphatic carbocycles. The minimum atomic E-state index is -0.959. The van der Waals surface area contributed by atoms with Crippen molar-refractivity contribution in [3.05, 3.63) is 139 Å². The van der Waals surface area contributed by atoms with Gasteiger partial charge in [0.05, 0.1) is 22.8 Å². The lowest BCUT2D eigenvalue weighted by Gasteiger charge is -2.07. The second-order valence-corrected chi connectivity index (χ2v) is 14.2. The molecule has 290 valence electrons. The molecular weight excluding hydrogens is 737 g/mol. The van der Waals surface area contributed by atoms with E-state index in [-0.39, 0.29) is 25.7 Å².